The van der Waals surface area contributed by atoms with E-state index in [0.29, 0.717) is 12.6 Å². The first-order valence-corrected chi connectivity index (χ1v) is 7.71. The molecule has 3 N–H and O–H groups in total. The molecule has 1 aliphatic rings. The van der Waals surface area contributed by atoms with Crippen molar-refractivity contribution in [3.05, 3.63) is 21.9 Å². The average Bonchev–Trinajstić information content (AvgIpc) is 2.74. The summed E-state index contributed by atoms with van der Waals surface area (Å²) in [6.45, 7) is 0.349. The molecule has 0 radical (unpaired) electrons. The van der Waals surface area contributed by atoms with Crippen LogP contribution in [-0.2, 0) is 0 Å². The van der Waals surface area contributed by atoms with Crippen LogP contribution in [0.4, 0.5) is 0 Å². The van der Waals surface area contributed by atoms with E-state index in [9.17, 15) is 4.79 Å². The number of amides is 1. The quantitative estimate of drug-likeness (QED) is 0.644. The number of hydrogen-bond donors (Lipinski definition) is 2. The Morgan fingerprint density at radius 2 is 2.05 bits per heavy atom. The van der Waals surface area contributed by atoms with Gasteiger partial charge < -0.3 is 11.1 Å². The maximum absolute atomic E-state index is 12.1. The second-order valence-corrected chi connectivity index (χ2v) is 5.92. The lowest BCUT2D eigenvalue weighted by Gasteiger charge is -2.15. The van der Waals surface area contributed by atoms with Crippen molar-refractivity contribution in [1.29, 1.82) is 0 Å². The Hall–Kier alpha value is -1.31. The molecule has 0 unspecified atom stereocenters. The Bertz CT molecular complexity index is 476. The van der Waals surface area contributed by atoms with Crippen LogP contribution in [0.2, 0.25) is 0 Å². The van der Waals surface area contributed by atoms with E-state index in [1.54, 1.807) is 0 Å². The highest BCUT2D eigenvalue weighted by molar-refractivity contribution is 7.14. The molecule has 1 aromatic heterocycles. The molecule has 102 valence electrons. The summed E-state index contributed by atoms with van der Waals surface area (Å²) >= 11 is 1.43. The Labute approximate surface area is 118 Å². The molecule has 1 fully saturated rings. The highest BCUT2D eigenvalue weighted by Crippen LogP contribution is 2.19. The summed E-state index contributed by atoms with van der Waals surface area (Å²) in [5.41, 5.74) is 5.33. The molecule has 0 bridgehead atoms. The van der Waals surface area contributed by atoms with E-state index in [1.807, 2.05) is 12.1 Å². The van der Waals surface area contributed by atoms with E-state index in [2.05, 4.69) is 17.2 Å². The topological polar surface area (TPSA) is 55.1 Å². The van der Waals surface area contributed by atoms with Crippen LogP contribution in [0, 0.1) is 11.8 Å². The molecular weight excluding hydrogens is 256 g/mol. The third kappa shape index (κ3) is 4.38. The van der Waals surface area contributed by atoms with Crippen molar-refractivity contribution < 1.29 is 4.79 Å². The van der Waals surface area contributed by atoms with Gasteiger partial charge in [-0.1, -0.05) is 37.5 Å². The Balaban J connectivity index is 1.93. The van der Waals surface area contributed by atoms with Crippen LogP contribution in [0.5, 0.6) is 0 Å². The van der Waals surface area contributed by atoms with Gasteiger partial charge in [-0.2, -0.15) is 0 Å². The minimum absolute atomic E-state index is 0.0395. The second-order valence-electron chi connectivity index (χ2n) is 4.83. The van der Waals surface area contributed by atoms with E-state index >= 15 is 0 Å². The molecule has 0 saturated heterocycles. The lowest BCUT2D eigenvalue weighted by atomic mass is 10.1. The van der Waals surface area contributed by atoms with Crippen LogP contribution >= 0.6 is 11.3 Å². The molecular formula is C15H20N2OS. The molecule has 1 amide bonds. The number of nitrogens with one attached hydrogen (secondary N) is 1. The zero-order chi connectivity index (χ0) is 13.5. The average molecular weight is 276 g/mol. The van der Waals surface area contributed by atoms with E-state index in [0.717, 1.165) is 22.6 Å². The largest absolute Gasteiger partial charge is 0.349 e. The van der Waals surface area contributed by atoms with Gasteiger partial charge in [0.15, 0.2) is 0 Å². The van der Waals surface area contributed by atoms with Crippen LogP contribution in [-0.4, -0.2) is 18.5 Å². The fraction of sp³-hybridized carbons (Fsp3) is 0.533. The number of nitrogens with two attached hydrogens (primary N) is 1. The molecule has 2 rings (SSSR count). The van der Waals surface area contributed by atoms with Crippen molar-refractivity contribution in [2.75, 3.05) is 6.54 Å². The third-order valence-electron chi connectivity index (χ3n) is 3.33. The van der Waals surface area contributed by atoms with Gasteiger partial charge in [0.25, 0.3) is 5.91 Å². The third-order valence-corrected chi connectivity index (χ3v) is 4.33. The number of thiophene rings is 1. The van der Waals surface area contributed by atoms with Gasteiger partial charge in [0.1, 0.15) is 0 Å². The number of hydrogen-bond acceptors (Lipinski definition) is 3. The summed E-state index contributed by atoms with van der Waals surface area (Å²) in [4.78, 5) is 13.8. The maximum Gasteiger partial charge on any atom is 0.261 e. The smallest absolute Gasteiger partial charge is 0.261 e. The molecule has 0 spiro atoms. The maximum atomic E-state index is 12.1. The lowest BCUT2D eigenvalue weighted by molar-refractivity contribution is 0.0937. The first kappa shape index (κ1) is 14.1. The molecule has 1 heterocycles. The van der Waals surface area contributed by atoms with Crippen molar-refractivity contribution in [3.8, 4) is 11.8 Å². The van der Waals surface area contributed by atoms with Crippen molar-refractivity contribution in [2.24, 2.45) is 5.73 Å². The summed E-state index contributed by atoms with van der Waals surface area (Å²) in [5.74, 6) is 5.80. The zero-order valence-corrected chi connectivity index (χ0v) is 11.9. The van der Waals surface area contributed by atoms with Gasteiger partial charge in [0.05, 0.1) is 16.3 Å². The molecule has 0 atom stereocenters. The molecule has 4 heteroatoms. The fourth-order valence-corrected chi connectivity index (χ4v) is 3.13. The summed E-state index contributed by atoms with van der Waals surface area (Å²) in [5, 5.41) is 3.14. The van der Waals surface area contributed by atoms with E-state index in [-0.39, 0.29) is 5.91 Å². The highest BCUT2D eigenvalue weighted by atomic mass is 32.1. The predicted molar refractivity (Wildman–Crippen MR) is 79.2 cm³/mol. The van der Waals surface area contributed by atoms with Crippen molar-refractivity contribution in [2.45, 2.75) is 44.6 Å². The zero-order valence-electron chi connectivity index (χ0n) is 11.1. The molecule has 0 aromatic carbocycles. The molecule has 0 aliphatic heterocycles. The van der Waals surface area contributed by atoms with Crippen molar-refractivity contribution in [3.63, 3.8) is 0 Å². The van der Waals surface area contributed by atoms with Crippen molar-refractivity contribution in [1.82, 2.24) is 5.32 Å². The Morgan fingerprint density at radius 1 is 1.32 bits per heavy atom. The first-order chi connectivity index (χ1) is 9.29. The van der Waals surface area contributed by atoms with Crippen LogP contribution in [0.25, 0.3) is 0 Å². The fourth-order valence-electron chi connectivity index (χ4n) is 2.35. The van der Waals surface area contributed by atoms with Crippen LogP contribution < -0.4 is 11.1 Å². The van der Waals surface area contributed by atoms with E-state index in [1.165, 1.54) is 37.0 Å². The Morgan fingerprint density at radius 3 is 2.74 bits per heavy atom. The SMILES string of the molecule is NCC#Cc1ccc(C(=O)NC2CCCCCC2)s1. The molecule has 19 heavy (non-hydrogen) atoms. The summed E-state index contributed by atoms with van der Waals surface area (Å²) in [6.07, 6.45) is 7.26. The minimum Gasteiger partial charge on any atom is -0.349 e. The van der Waals surface area contributed by atoms with Gasteiger partial charge in [-0.15, -0.1) is 11.3 Å². The van der Waals surface area contributed by atoms with Gasteiger partial charge in [0.2, 0.25) is 0 Å². The van der Waals surface area contributed by atoms with Crippen LogP contribution in [0.3, 0.4) is 0 Å². The van der Waals surface area contributed by atoms with Gasteiger partial charge in [-0.3, -0.25) is 4.79 Å². The van der Waals surface area contributed by atoms with Gasteiger partial charge in [0, 0.05) is 6.04 Å². The number of carbonyl (C=O) groups excluding carboxylic acids is 1. The van der Waals surface area contributed by atoms with Gasteiger partial charge in [-0.05, 0) is 25.0 Å². The summed E-state index contributed by atoms with van der Waals surface area (Å²) in [7, 11) is 0. The number of rotatable bonds is 2. The van der Waals surface area contributed by atoms with Crippen LogP contribution in [0.15, 0.2) is 12.1 Å². The molecule has 1 aromatic rings. The Kier molecular flexibility index (Phi) is 5.44. The summed E-state index contributed by atoms with van der Waals surface area (Å²) in [6, 6.07) is 4.07. The highest BCUT2D eigenvalue weighted by Gasteiger charge is 2.16. The molecule has 1 saturated carbocycles. The molecule has 1 aliphatic carbocycles. The first-order valence-electron chi connectivity index (χ1n) is 6.89. The predicted octanol–water partition coefficient (Wildman–Crippen LogP) is 2.51. The standard InChI is InChI=1S/C15H20N2OS/c16-11-5-8-13-9-10-14(19-13)15(18)17-12-6-3-1-2-4-7-12/h9-10,12H,1-4,6-7,11,16H2,(H,17,18). The van der Waals surface area contributed by atoms with Gasteiger partial charge >= 0.3 is 0 Å². The van der Waals surface area contributed by atoms with E-state index < -0.39 is 0 Å². The number of carbonyl (C=O) groups is 1. The van der Waals surface area contributed by atoms with E-state index in [4.69, 9.17) is 5.73 Å². The minimum atomic E-state index is 0.0395. The lowest BCUT2D eigenvalue weighted by Crippen LogP contribution is -2.33. The monoisotopic (exact) mass is 276 g/mol. The summed E-state index contributed by atoms with van der Waals surface area (Å²) < 4.78 is 0. The molecule has 3 nitrogen and oxygen atoms in total. The van der Waals surface area contributed by atoms with Crippen molar-refractivity contribution >= 4 is 17.2 Å². The van der Waals surface area contributed by atoms with Gasteiger partial charge in [-0.25, -0.2) is 0 Å². The second kappa shape index (κ2) is 7.32. The van der Waals surface area contributed by atoms with Crippen LogP contribution in [0.1, 0.15) is 53.1 Å². The normalized spacial score (nSPS) is 16.3.